The second-order valence-corrected chi connectivity index (χ2v) is 6.84. The van der Waals surface area contributed by atoms with Crippen LogP contribution >= 0.6 is 0 Å². The van der Waals surface area contributed by atoms with Crippen LogP contribution in [0, 0.1) is 0 Å². The summed E-state index contributed by atoms with van der Waals surface area (Å²) in [5.74, 6) is -0.0220. The summed E-state index contributed by atoms with van der Waals surface area (Å²) in [5, 5.41) is 6.32. The molecule has 1 aliphatic carbocycles. The number of carbonyl (C=O) groups excluding carboxylic acids is 1. The van der Waals surface area contributed by atoms with E-state index in [4.69, 9.17) is 0 Å². The van der Waals surface area contributed by atoms with Crippen molar-refractivity contribution >= 4 is 11.6 Å². The van der Waals surface area contributed by atoms with Gasteiger partial charge in [-0.05, 0) is 48.9 Å². The van der Waals surface area contributed by atoms with Gasteiger partial charge in [-0.1, -0.05) is 31.2 Å². The molecule has 0 bridgehead atoms. The molecule has 2 heterocycles. The summed E-state index contributed by atoms with van der Waals surface area (Å²) in [4.78, 5) is 27.0. The number of H-pyrrole nitrogens is 1. The number of hydrogen-bond acceptors (Lipinski definition) is 3. The Kier molecular flexibility index (Phi) is 4.32. The zero-order valence-electron chi connectivity index (χ0n) is 14.8. The minimum atomic E-state index is -0.330. The Morgan fingerprint density at radius 3 is 2.88 bits per heavy atom. The van der Waals surface area contributed by atoms with Crippen molar-refractivity contribution in [1.82, 2.24) is 19.5 Å². The predicted molar refractivity (Wildman–Crippen MR) is 99.4 cm³/mol. The molecule has 4 rings (SSSR count). The van der Waals surface area contributed by atoms with Gasteiger partial charge in [0.25, 0.3) is 5.91 Å². The number of aromatic amines is 1. The fourth-order valence-corrected chi connectivity index (χ4v) is 3.83. The van der Waals surface area contributed by atoms with Crippen LogP contribution in [-0.2, 0) is 12.8 Å². The Labute approximate surface area is 151 Å². The maximum Gasteiger partial charge on any atom is 0.347 e. The molecule has 0 radical (unpaired) electrons. The van der Waals surface area contributed by atoms with E-state index in [0.717, 1.165) is 25.7 Å². The number of carbonyl (C=O) groups is 1. The first kappa shape index (κ1) is 16.6. The van der Waals surface area contributed by atoms with E-state index in [0.29, 0.717) is 17.8 Å². The first-order chi connectivity index (χ1) is 12.7. The minimum absolute atomic E-state index is 0.0220. The van der Waals surface area contributed by atoms with E-state index in [9.17, 15) is 9.59 Å². The minimum Gasteiger partial charge on any atom is -0.335 e. The van der Waals surface area contributed by atoms with Crippen molar-refractivity contribution in [2.24, 2.45) is 0 Å². The van der Waals surface area contributed by atoms with Gasteiger partial charge in [-0.2, -0.15) is 5.10 Å². The molecule has 0 aliphatic heterocycles. The highest BCUT2D eigenvalue weighted by Gasteiger charge is 2.28. The molecule has 134 valence electrons. The van der Waals surface area contributed by atoms with Gasteiger partial charge >= 0.3 is 5.69 Å². The van der Waals surface area contributed by atoms with Gasteiger partial charge in [-0.15, -0.1) is 0 Å². The largest absolute Gasteiger partial charge is 0.347 e. The van der Waals surface area contributed by atoms with Crippen LogP contribution in [-0.4, -0.2) is 38.0 Å². The van der Waals surface area contributed by atoms with Crippen LogP contribution < -0.4 is 5.69 Å². The third-order valence-electron chi connectivity index (χ3n) is 5.15. The van der Waals surface area contributed by atoms with Crippen LogP contribution in [0.3, 0.4) is 0 Å². The molecular weight excluding hydrogens is 328 g/mol. The standard InChI is InChI=1S/C20H22N4O2/c1-2-11-23(17-9-7-14-5-3-4-6-15(14)12-17)19(25)16-8-10-18-21-22-20(26)24(18)13-16/h3-6,8,10,13,17H,2,7,9,11-12H2,1H3,(H,22,26). The number of pyridine rings is 1. The van der Waals surface area contributed by atoms with Crippen LogP contribution in [0.4, 0.5) is 0 Å². The lowest BCUT2D eigenvalue weighted by atomic mass is 9.87. The van der Waals surface area contributed by atoms with Crippen LogP contribution in [0.1, 0.15) is 41.3 Å². The third kappa shape index (κ3) is 2.92. The van der Waals surface area contributed by atoms with Gasteiger partial charge in [-0.25, -0.2) is 14.3 Å². The zero-order valence-corrected chi connectivity index (χ0v) is 14.8. The van der Waals surface area contributed by atoms with Crippen molar-refractivity contribution in [3.05, 3.63) is 69.8 Å². The van der Waals surface area contributed by atoms with Crippen molar-refractivity contribution in [3.63, 3.8) is 0 Å². The number of aryl methyl sites for hydroxylation is 1. The Balaban J connectivity index is 1.64. The van der Waals surface area contributed by atoms with E-state index in [1.165, 1.54) is 15.5 Å². The number of hydrogen-bond donors (Lipinski definition) is 1. The van der Waals surface area contributed by atoms with Crippen molar-refractivity contribution in [3.8, 4) is 0 Å². The normalized spacial score (nSPS) is 16.4. The molecule has 1 atom stereocenters. The average molecular weight is 350 g/mol. The molecule has 3 aromatic rings. The topological polar surface area (TPSA) is 70.5 Å². The summed E-state index contributed by atoms with van der Waals surface area (Å²) in [6, 6.07) is 12.1. The van der Waals surface area contributed by atoms with E-state index >= 15 is 0 Å². The molecule has 6 heteroatoms. The highest BCUT2D eigenvalue weighted by molar-refractivity contribution is 5.94. The second-order valence-electron chi connectivity index (χ2n) is 6.84. The van der Waals surface area contributed by atoms with E-state index < -0.39 is 0 Å². The summed E-state index contributed by atoms with van der Waals surface area (Å²) in [7, 11) is 0. The van der Waals surface area contributed by atoms with E-state index in [1.54, 1.807) is 18.3 Å². The first-order valence-electron chi connectivity index (χ1n) is 9.12. The summed E-state index contributed by atoms with van der Waals surface area (Å²) >= 11 is 0. The average Bonchev–Trinajstić information content (AvgIpc) is 3.05. The number of amides is 1. The Hall–Kier alpha value is -2.89. The third-order valence-corrected chi connectivity index (χ3v) is 5.15. The molecule has 1 aliphatic rings. The maximum absolute atomic E-state index is 13.2. The number of nitrogens with zero attached hydrogens (tertiary/aromatic N) is 3. The molecule has 1 aromatic carbocycles. The predicted octanol–water partition coefficient (Wildman–Crippen LogP) is 2.43. The summed E-state index contributed by atoms with van der Waals surface area (Å²) < 4.78 is 1.38. The number of aromatic nitrogens is 3. The smallest absolute Gasteiger partial charge is 0.335 e. The van der Waals surface area contributed by atoms with Crippen LogP contribution in [0.5, 0.6) is 0 Å². The van der Waals surface area contributed by atoms with Gasteiger partial charge in [-0.3, -0.25) is 4.79 Å². The van der Waals surface area contributed by atoms with Crippen LogP contribution in [0.25, 0.3) is 5.65 Å². The molecule has 1 N–H and O–H groups in total. The number of nitrogens with one attached hydrogen (secondary N) is 1. The van der Waals surface area contributed by atoms with Gasteiger partial charge in [0, 0.05) is 18.8 Å². The quantitative estimate of drug-likeness (QED) is 0.786. The van der Waals surface area contributed by atoms with Crippen molar-refractivity contribution in [2.75, 3.05) is 6.54 Å². The monoisotopic (exact) mass is 350 g/mol. The molecule has 6 nitrogen and oxygen atoms in total. The second kappa shape index (κ2) is 6.78. The molecule has 0 fully saturated rings. The van der Waals surface area contributed by atoms with Crippen molar-refractivity contribution in [2.45, 2.75) is 38.6 Å². The Morgan fingerprint density at radius 1 is 1.27 bits per heavy atom. The van der Waals surface area contributed by atoms with Gasteiger partial charge < -0.3 is 4.90 Å². The SMILES string of the molecule is CCCN(C(=O)c1ccc2n[nH]c(=O)n2c1)C1CCc2ccccc2C1. The number of benzene rings is 1. The molecule has 0 saturated heterocycles. The van der Waals surface area contributed by atoms with Crippen molar-refractivity contribution in [1.29, 1.82) is 0 Å². The van der Waals surface area contributed by atoms with Crippen LogP contribution in [0.15, 0.2) is 47.4 Å². The first-order valence-corrected chi connectivity index (χ1v) is 9.12. The van der Waals surface area contributed by atoms with E-state index in [1.807, 2.05) is 4.90 Å². The molecule has 1 unspecified atom stereocenters. The molecule has 1 amide bonds. The summed E-state index contributed by atoms with van der Waals surface area (Å²) in [5.41, 5.74) is 3.43. The molecule has 2 aromatic heterocycles. The molecule has 0 saturated carbocycles. The molecule has 26 heavy (non-hydrogen) atoms. The number of rotatable bonds is 4. The van der Waals surface area contributed by atoms with Crippen molar-refractivity contribution < 1.29 is 4.79 Å². The van der Waals surface area contributed by atoms with E-state index in [2.05, 4.69) is 41.4 Å². The van der Waals surface area contributed by atoms with E-state index in [-0.39, 0.29) is 17.6 Å². The molecule has 0 spiro atoms. The summed E-state index contributed by atoms with van der Waals surface area (Å²) in [6.45, 7) is 2.80. The Bertz CT molecular complexity index is 1000. The van der Waals surface area contributed by atoms with Crippen LogP contribution in [0.2, 0.25) is 0 Å². The lowest BCUT2D eigenvalue weighted by Crippen LogP contribution is -2.44. The van der Waals surface area contributed by atoms with Gasteiger partial charge in [0.05, 0.1) is 5.56 Å². The Morgan fingerprint density at radius 2 is 2.08 bits per heavy atom. The summed E-state index contributed by atoms with van der Waals surface area (Å²) in [6.07, 6.45) is 5.34. The zero-order chi connectivity index (χ0) is 18.1. The highest BCUT2D eigenvalue weighted by atomic mass is 16.2. The van der Waals surface area contributed by atoms with Gasteiger partial charge in [0.1, 0.15) is 0 Å². The van der Waals surface area contributed by atoms with Gasteiger partial charge in [0.2, 0.25) is 0 Å². The number of fused-ring (bicyclic) bond motifs is 2. The molecular formula is C20H22N4O2. The maximum atomic E-state index is 13.2. The van der Waals surface area contributed by atoms with Gasteiger partial charge in [0.15, 0.2) is 5.65 Å². The lowest BCUT2D eigenvalue weighted by molar-refractivity contribution is 0.0661. The fraction of sp³-hybridized carbons (Fsp3) is 0.350. The fourth-order valence-electron chi connectivity index (χ4n) is 3.83. The highest BCUT2D eigenvalue weighted by Crippen LogP contribution is 2.25. The lowest BCUT2D eigenvalue weighted by Gasteiger charge is -2.35.